The van der Waals surface area contributed by atoms with Crippen molar-refractivity contribution in [2.24, 2.45) is 0 Å². The van der Waals surface area contributed by atoms with Crippen LogP contribution < -0.4 is 0 Å². The van der Waals surface area contributed by atoms with E-state index in [1.165, 1.54) is 32.7 Å². The van der Waals surface area contributed by atoms with E-state index >= 15 is 0 Å². The molecule has 0 nitrogen and oxygen atoms in total. The minimum Gasteiger partial charge on any atom is -0.358 e. The Bertz CT molecular complexity index is 753. The molecule has 23 heavy (non-hydrogen) atoms. The molecule has 4 rings (SSSR count). The Morgan fingerprint density at radius 1 is 0.826 bits per heavy atom. The number of hydrogen-bond acceptors (Lipinski definition) is 0. The van der Waals surface area contributed by atoms with E-state index in [2.05, 4.69) is 80.6 Å². The third kappa shape index (κ3) is 4.82. The van der Waals surface area contributed by atoms with Crippen molar-refractivity contribution in [2.75, 3.05) is 0 Å². The molecule has 0 saturated carbocycles. The van der Waals surface area contributed by atoms with Crippen molar-refractivity contribution >= 4 is 21.5 Å². The zero-order valence-electron chi connectivity index (χ0n) is 14.5. The molecule has 116 valence electrons. The predicted molar refractivity (Wildman–Crippen MR) is 101 cm³/mol. The monoisotopic (exact) mass is 378 g/mol. The summed E-state index contributed by atoms with van der Waals surface area (Å²) < 4.78 is 0. The molecule has 0 unspecified atom stereocenters. The zero-order chi connectivity index (χ0) is 13.9. The van der Waals surface area contributed by atoms with Crippen LogP contribution in [0.1, 0.15) is 20.3 Å². The van der Waals surface area contributed by atoms with Gasteiger partial charge < -0.3 is 14.9 Å². The second-order valence-electron chi connectivity index (χ2n) is 5.31. The molecule has 3 aromatic rings. The van der Waals surface area contributed by atoms with Gasteiger partial charge in [-0.15, -0.1) is 53.1 Å². The fourth-order valence-electron chi connectivity index (χ4n) is 2.52. The molecule has 0 radical (unpaired) electrons. The van der Waals surface area contributed by atoms with Crippen LogP contribution in [-0.4, -0.2) is 0 Å². The van der Waals surface area contributed by atoms with Crippen molar-refractivity contribution < 1.29 is 26.2 Å². The largest absolute Gasteiger partial charge is 4.00 e. The Balaban J connectivity index is 0.000000426. The van der Waals surface area contributed by atoms with Crippen molar-refractivity contribution in [3.63, 3.8) is 0 Å². The third-order valence-electron chi connectivity index (χ3n) is 3.88. The smallest absolute Gasteiger partial charge is 0.358 e. The minimum atomic E-state index is 0. The number of benzene rings is 2. The van der Waals surface area contributed by atoms with Gasteiger partial charge in [0.1, 0.15) is 0 Å². The van der Waals surface area contributed by atoms with E-state index in [4.69, 9.17) is 0 Å². The fourth-order valence-corrected chi connectivity index (χ4v) is 2.52. The maximum atomic E-state index is 3.12. The molecule has 0 heterocycles. The zero-order valence-corrected chi connectivity index (χ0v) is 16.9. The fraction of sp³-hybridized carbons (Fsp3) is 0.136. The van der Waals surface area contributed by atoms with Gasteiger partial charge in [0.15, 0.2) is 0 Å². The summed E-state index contributed by atoms with van der Waals surface area (Å²) in [6.45, 7) is 4.27. The summed E-state index contributed by atoms with van der Waals surface area (Å²) in [5.41, 5.74) is 2.85. The Labute approximate surface area is 160 Å². The van der Waals surface area contributed by atoms with Gasteiger partial charge in [-0.2, -0.15) is 5.57 Å². The molecule has 0 aliphatic heterocycles. The van der Waals surface area contributed by atoms with Gasteiger partial charge in [-0.1, -0.05) is 43.3 Å². The van der Waals surface area contributed by atoms with Gasteiger partial charge in [0.25, 0.3) is 0 Å². The topological polar surface area (TPSA) is 0 Å². The molecule has 0 N–H and O–H groups in total. The summed E-state index contributed by atoms with van der Waals surface area (Å²) in [5.74, 6) is 0. The van der Waals surface area contributed by atoms with E-state index in [0.717, 1.165) is 6.42 Å². The molecule has 1 aliphatic rings. The van der Waals surface area contributed by atoms with E-state index < -0.39 is 0 Å². The van der Waals surface area contributed by atoms with Crippen LogP contribution in [0, 0.1) is 20.9 Å². The molecule has 0 bridgehead atoms. The first kappa shape index (κ1) is 21.7. The third-order valence-corrected chi connectivity index (χ3v) is 3.88. The standard InChI is InChI=1S/C13H9.C7H9.2CH3.Zr/c1-3-7-12-10(5-1)9-11-6-2-4-8-13(11)12;1-6-4-3-5-7(6)2;;;/h1-9H;4H,5H2,1-2H3;2*1H3;/q4*-1;+4. The molecule has 0 atom stereocenters. The van der Waals surface area contributed by atoms with E-state index in [1.807, 2.05) is 0 Å². The average Bonchev–Trinajstić information content (AvgIpc) is 3.03. The summed E-state index contributed by atoms with van der Waals surface area (Å²) in [6.07, 6.45) is 6.22. The molecule has 0 aromatic heterocycles. The second kappa shape index (κ2) is 9.73. The van der Waals surface area contributed by atoms with E-state index in [1.54, 1.807) is 0 Å². The minimum absolute atomic E-state index is 0. The number of allylic oxidation sites excluding steroid dienone is 4. The van der Waals surface area contributed by atoms with Crippen molar-refractivity contribution in [1.82, 2.24) is 0 Å². The van der Waals surface area contributed by atoms with E-state index in [-0.39, 0.29) is 41.1 Å². The number of fused-ring (bicyclic) bond motifs is 3. The van der Waals surface area contributed by atoms with Crippen LogP contribution in [-0.2, 0) is 26.2 Å². The van der Waals surface area contributed by atoms with Crippen LogP contribution in [0.4, 0.5) is 0 Å². The Kier molecular flexibility index (Phi) is 9.17. The van der Waals surface area contributed by atoms with Crippen LogP contribution in [0.15, 0.2) is 71.8 Å². The second-order valence-corrected chi connectivity index (χ2v) is 5.31. The molecule has 1 aliphatic carbocycles. The van der Waals surface area contributed by atoms with Gasteiger partial charge >= 0.3 is 26.2 Å². The van der Waals surface area contributed by atoms with Gasteiger partial charge in [-0.05, 0) is 0 Å². The quantitative estimate of drug-likeness (QED) is 0.381. The van der Waals surface area contributed by atoms with Crippen LogP contribution in [0.2, 0.25) is 0 Å². The van der Waals surface area contributed by atoms with Gasteiger partial charge in [-0.25, -0.2) is 11.6 Å². The van der Waals surface area contributed by atoms with E-state index in [0.29, 0.717) is 0 Å². The molecular weight excluding hydrogens is 355 g/mol. The van der Waals surface area contributed by atoms with Gasteiger partial charge in [0.2, 0.25) is 0 Å². The summed E-state index contributed by atoms with van der Waals surface area (Å²) in [7, 11) is 0. The first-order valence-corrected chi connectivity index (χ1v) is 7.02. The molecule has 3 aromatic carbocycles. The van der Waals surface area contributed by atoms with Crippen LogP contribution in [0.3, 0.4) is 0 Å². The van der Waals surface area contributed by atoms with E-state index in [9.17, 15) is 0 Å². The predicted octanol–water partition coefficient (Wildman–Crippen LogP) is 6.70. The van der Waals surface area contributed by atoms with Gasteiger partial charge in [0.05, 0.1) is 0 Å². The van der Waals surface area contributed by atoms with Crippen LogP contribution >= 0.6 is 0 Å². The Morgan fingerprint density at radius 2 is 1.30 bits per heavy atom. The van der Waals surface area contributed by atoms with Crippen molar-refractivity contribution in [1.29, 1.82) is 0 Å². The molecular formula is C22H24Zr. The summed E-state index contributed by atoms with van der Waals surface area (Å²) >= 11 is 0. The summed E-state index contributed by atoms with van der Waals surface area (Å²) in [5, 5.41) is 5.39. The van der Waals surface area contributed by atoms with Crippen molar-refractivity contribution in [3.05, 3.63) is 92.7 Å². The maximum absolute atomic E-state index is 3.12. The first-order valence-electron chi connectivity index (χ1n) is 7.02. The maximum Gasteiger partial charge on any atom is 4.00 e. The molecule has 0 fully saturated rings. The number of rotatable bonds is 0. The first-order chi connectivity index (χ1) is 9.75. The Morgan fingerprint density at radius 3 is 1.65 bits per heavy atom. The van der Waals surface area contributed by atoms with Crippen molar-refractivity contribution in [2.45, 2.75) is 20.3 Å². The Hall–Kier alpha value is -1.33. The van der Waals surface area contributed by atoms with Crippen LogP contribution in [0.25, 0.3) is 21.5 Å². The molecule has 0 spiro atoms. The number of hydrogen-bond donors (Lipinski definition) is 0. The van der Waals surface area contributed by atoms with Crippen LogP contribution in [0.5, 0.6) is 0 Å². The average molecular weight is 380 g/mol. The SMILES string of the molecule is CC1=C(C)C[C-]=C1.[CH3-].[CH3-].[Zr+4].c1ccc2c(c1)[cH-]c1ccccc12. The molecule has 0 saturated heterocycles. The molecule has 1 heteroatoms. The summed E-state index contributed by atoms with van der Waals surface area (Å²) in [4.78, 5) is 0. The van der Waals surface area contributed by atoms with Gasteiger partial charge in [0, 0.05) is 0 Å². The molecule has 0 amide bonds. The normalized spacial score (nSPS) is 12.1. The summed E-state index contributed by atoms with van der Waals surface area (Å²) in [6, 6.07) is 19.3. The van der Waals surface area contributed by atoms with Gasteiger partial charge in [-0.3, -0.25) is 6.08 Å². The van der Waals surface area contributed by atoms with Crippen molar-refractivity contribution in [3.8, 4) is 0 Å².